The number of rotatable bonds is 3. The lowest BCUT2D eigenvalue weighted by Crippen LogP contribution is -2.18. The maximum atomic E-state index is 13.5. The summed E-state index contributed by atoms with van der Waals surface area (Å²) in [5.41, 5.74) is 2.10. The van der Waals surface area contributed by atoms with Crippen LogP contribution in [0.3, 0.4) is 0 Å². The summed E-state index contributed by atoms with van der Waals surface area (Å²) in [6, 6.07) is 21.2. The number of hydrogen-bond donors (Lipinski definition) is 1. The van der Waals surface area contributed by atoms with Gasteiger partial charge < -0.3 is 5.32 Å². The van der Waals surface area contributed by atoms with Crippen LogP contribution in [0.5, 0.6) is 0 Å². The molecule has 2 heteroatoms. The Morgan fingerprint density at radius 1 is 0.900 bits per heavy atom. The van der Waals surface area contributed by atoms with Gasteiger partial charge in [-0.25, -0.2) is 4.39 Å². The fourth-order valence-electron chi connectivity index (χ4n) is 2.69. The normalized spacial score (nSPS) is 12.5. The summed E-state index contributed by atoms with van der Waals surface area (Å²) in [6.45, 7) is 0. The van der Waals surface area contributed by atoms with Crippen molar-refractivity contribution in [2.75, 3.05) is 7.05 Å². The fraction of sp³-hybridized carbons (Fsp3) is 0.111. The lowest BCUT2D eigenvalue weighted by atomic mass is 9.94. The molecule has 3 aromatic rings. The van der Waals surface area contributed by atoms with E-state index in [1.165, 1.54) is 16.8 Å². The number of hydrogen-bond acceptors (Lipinski definition) is 1. The minimum absolute atomic E-state index is 0.0169. The Morgan fingerprint density at radius 3 is 2.45 bits per heavy atom. The van der Waals surface area contributed by atoms with Gasteiger partial charge in [-0.1, -0.05) is 54.6 Å². The monoisotopic (exact) mass is 265 g/mol. The highest BCUT2D eigenvalue weighted by atomic mass is 19.1. The fourth-order valence-corrected chi connectivity index (χ4v) is 2.69. The quantitative estimate of drug-likeness (QED) is 0.745. The standard InChI is InChI=1S/C18H16FN/c1-20-18(14-8-4-9-15(19)12-14)17-11-5-7-13-6-2-3-10-16(13)17/h2-12,18,20H,1H3. The molecule has 0 aliphatic heterocycles. The first-order chi connectivity index (χ1) is 9.79. The Balaban J connectivity index is 2.17. The van der Waals surface area contributed by atoms with Crippen molar-refractivity contribution in [3.8, 4) is 0 Å². The Bertz CT molecular complexity index is 731. The minimum atomic E-state index is -0.206. The summed E-state index contributed by atoms with van der Waals surface area (Å²) in [5, 5.41) is 5.68. The zero-order valence-electron chi connectivity index (χ0n) is 11.3. The van der Waals surface area contributed by atoms with Gasteiger partial charge in [0.05, 0.1) is 6.04 Å². The first-order valence-electron chi connectivity index (χ1n) is 6.70. The van der Waals surface area contributed by atoms with Crippen LogP contribution in [0.4, 0.5) is 4.39 Å². The molecule has 0 fully saturated rings. The average Bonchev–Trinajstić information content (AvgIpc) is 2.48. The van der Waals surface area contributed by atoms with Crippen molar-refractivity contribution in [2.24, 2.45) is 0 Å². The molecular formula is C18H16FN. The molecule has 0 spiro atoms. The van der Waals surface area contributed by atoms with Crippen molar-refractivity contribution >= 4 is 10.8 Å². The van der Waals surface area contributed by atoms with Gasteiger partial charge in [0, 0.05) is 0 Å². The summed E-state index contributed by atoms with van der Waals surface area (Å²) >= 11 is 0. The molecule has 0 saturated heterocycles. The van der Waals surface area contributed by atoms with Crippen molar-refractivity contribution in [3.63, 3.8) is 0 Å². The predicted molar refractivity (Wildman–Crippen MR) is 81.3 cm³/mol. The van der Waals surface area contributed by atoms with Crippen molar-refractivity contribution < 1.29 is 4.39 Å². The molecule has 3 rings (SSSR count). The number of halogens is 1. The first kappa shape index (κ1) is 12.8. The zero-order chi connectivity index (χ0) is 13.9. The smallest absolute Gasteiger partial charge is 0.123 e. The number of nitrogens with one attached hydrogen (secondary N) is 1. The number of fused-ring (bicyclic) bond motifs is 1. The molecule has 100 valence electrons. The van der Waals surface area contributed by atoms with E-state index in [4.69, 9.17) is 0 Å². The molecule has 20 heavy (non-hydrogen) atoms. The van der Waals surface area contributed by atoms with Crippen molar-refractivity contribution in [1.82, 2.24) is 5.32 Å². The van der Waals surface area contributed by atoms with E-state index >= 15 is 0 Å². The summed E-state index contributed by atoms with van der Waals surface area (Å²) in [4.78, 5) is 0. The first-order valence-corrected chi connectivity index (χ1v) is 6.70. The van der Waals surface area contributed by atoms with Gasteiger partial charge in [-0.2, -0.15) is 0 Å². The Hall–Kier alpha value is -2.19. The van der Waals surface area contributed by atoms with Crippen molar-refractivity contribution in [2.45, 2.75) is 6.04 Å². The van der Waals surface area contributed by atoms with Crippen molar-refractivity contribution in [1.29, 1.82) is 0 Å². The van der Waals surface area contributed by atoms with Gasteiger partial charge in [-0.15, -0.1) is 0 Å². The van der Waals surface area contributed by atoms with E-state index in [0.29, 0.717) is 0 Å². The molecule has 1 nitrogen and oxygen atoms in total. The summed E-state index contributed by atoms with van der Waals surface area (Å²) in [6.07, 6.45) is 0. The van der Waals surface area contributed by atoms with Crippen LogP contribution in [0.15, 0.2) is 66.7 Å². The van der Waals surface area contributed by atoms with Crippen LogP contribution < -0.4 is 5.32 Å². The Morgan fingerprint density at radius 2 is 1.65 bits per heavy atom. The molecule has 1 unspecified atom stereocenters. The molecule has 0 aliphatic rings. The lowest BCUT2D eigenvalue weighted by molar-refractivity contribution is 0.617. The molecule has 3 aromatic carbocycles. The van der Waals surface area contributed by atoms with E-state index < -0.39 is 0 Å². The Labute approximate surface area is 118 Å². The van der Waals surface area contributed by atoms with E-state index in [1.807, 2.05) is 31.3 Å². The van der Waals surface area contributed by atoms with Gasteiger partial charge in [-0.3, -0.25) is 0 Å². The van der Waals surface area contributed by atoms with Crippen LogP contribution in [0, 0.1) is 5.82 Å². The SMILES string of the molecule is CNC(c1cccc(F)c1)c1cccc2ccccc12. The van der Waals surface area contributed by atoms with Gasteiger partial charge in [-0.05, 0) is 41.1 Å². The van der Waals surface area contributed by atoms with E-state index in [9.17, 15) is 4.39 Å². The lowest BCUT2D eigenvalue weighted by Gasteiger charge is -2.19. The second-order valence-electron chi connectivity index (χ2n) is 4.85. The summed E-state index contributed by atoms with van der Waals surface area (Å²) in [7, 11) is 1.90. The Kier molecular flexibility index (Phi) is 3.48. The third-order valence-electron chi connectivity index (χ3n) is 3.61. The third-order valence-corrected chi connectivity index (χ3v) is 3.61. The number of benzene rings is 3. The molecule has 0 saturated carbocycles. The van der Waals surface area contributed by atoms with E-state index in [2.05, 4.69) is 29.6 Å². The van der Waals surface area contributed by atoms with Crippen LogP contribution in [-0.2, 0) is 0 Å². The van der Waals surface area contributed by atoms with Crippen LogP contribution in [0.25, 0.3) is 10.8 Å². The van der Waals surface area contributed by atoms with Crippen molar-refractivity contribution in [3.05, 3.63) is 83.7 Å². The van der Waals surface area contributed by atoms with E-state index in [-0.39, 0.29) is 11.9 Å². The average molecular weight is 265 g/mol. The van der Waals surface area contributed by atoms with Gasteiger partial charge in [0.15, 0.2) is 0 Å². The molecular weight excluding hydrogens is 249 g/mol. The molecule has 0 aliphatic carbocycles. The van der Waals surface area contributed by atoms with Crippen LogP contribution >= 0.6 is 0 Å². The molecule has 0 heterocycles. The van der Waals surface area contributed by atoms with Gasteiger partial charge in [0.25, 0.3) is 0 Å². The largest absolute Gasteiger partial charge is 0.309 e. The van der Waals surface area contributed by atoms with Gasteiger partial charge in [0.2, 0.25) is 0 Å². The van der Waals surface area contributed by atoms with Crippen LogP contribution in [0.2, 0.25) is 0 Å². The highest BCUT2D eigenvalue weighted by molar-refractivity contribution is 5.86. The van der Waals surface area contributed by atoms with Crippen LogP contribution in [0.1, 0.15) is 17.2 Å². The second kappa shape index (κ2) is 5.43. The molecule has 0 amide bonds. The summed E-state index contributed by atoms with van der Waals surface area (Å²) < 4.78 is 13.5. The molecule has 0 aromatic heterocycles. The third kappa shape index (κ3) is 2.30. The molecule has 1 atom stereocenters. The highest BCUT2D eigenvalue weighted by Gasteiger charge is 2.14. The highest BCUT2D eigenvalue weighted by Crippen LogP contribution is 2.28. The van der Waals surface area contributed by atoms with Gasteiger partial charge in [0.1, 0.15) is 5.82 Å². The minimum Gasteiger partial charge on any atom is -0.309 e. The van der Waals surface area contributed by atoms with E-state index in [1.54, 1.807) is 12.1 Å². The summed E-state index contributed by atoms with van der Waals surface area (Å²) in [5.74, 6) is -0.206. The molecule has 0 bridgehead atoms. The second-order valence-corrected chi connectivity index (χ2v) is 4.85. The molecule has 0 radical (unpaired) electrons. The molecule has 1 N–H and O–H groups in total. The zero-order valence-corrected chi connectivity index (χ0v) is 11.3. The van der Waals surface area contributed by atoms with E-state index in [0.717, 1.165) is 11.1 Å². The maximum absolute atomic E-state index is 13.5. The van der Waals surface area contributed by atoms with Gasteiger partial charge >= 0.3 is 0 Å². The maximum Gasteiger partial charge on any atom is 0.123 e. The van der Waals surface area contributed by atoms with Crippen LogP contribution in [-0.4, -0.2) is 7.05 Å². The topological polar surface area (TPSA) is 12.0 Å². The predicted octanol–water partition coefficient (Wildman–Crippen LogP) is 4.29.